The molecular formula is C23H34NO2+. The van der Waals surface area contributed by atoms with Crippen molar-refractivity contribution >= 4 is 23.0 Å². The highest BCUT2D eigenvalue weighted by atomic mass is 16.1. The van der Waals surface area contributed by atoms with E-state index in [4.69, 9.17) is 0 Å². The van der Waals surface area contributed by atoms with Gasteiger partial charge in [-0.25, -0.2) is 0 Å². The zero-order valence-electron chi connectivity index (χ0n) is 17.4. The normalized spacial score (nSPS) is 15.3. The van der Waals surface area contributed by atoms with E-state index in [1.165, 1.54) is 5.71 Å². The molecule has 0 bridgehead atoms. The smallest absolute Gasteiger partial charge is 0.210 e. The zero-order chi connectivity index (χ0) is 19.5. The summed E-state index contributed by atoms with van der Waals surface area (Å²) in [6, 6.07) is 3.90. The Morgan fingerprint density at radius 3 is 2.15 bits per heavy atom. The van der Waals surface area contributed by atoms with E-state index in [1.54, 1.807) is 0 Å². The molecule has 3 heteroatoms. The molecule has 0 amide bonds. The van der Waals surface area contributed by atoms with Gasteiger partial charge in [-0.2, -0.15) is 4.58 Å². The Labute approximate surface area is 158 Å². The Bertz CT molecular complexity index is 741. The second-order valence-electron chi connectivity index (χ2n) is 7.98. The minimum Gasteiger partial charge on any atom is -0.294 e. The van der Waals surface area contributed by atoms with Gasteiger partial charge in [-0.3, -0.25) is 9.59 Å². The number of hydrogen-bond donors (Lipinski definition) is 0. The Balaban J connectivity index is 2.70. The highest BCUT2D eigenvalue weighted by molar-refractivity contribution is 6.07. The lowest BCUT2D eigenvalue weighted by atomic mass is 9.77. The summed E-state index contributed by atoms with van der Waals surface area (Å²) < 4.78 is 2.34. The first kappa shape index (κ1) is 20.5. The van der Waals surface area contributed by atoms with Crippen LogP contribution in [0.4, 0.5) is 5.69 Å². The summed E-state index contributed by atoms with van der Waals surface area (Å²) in [5, 5.41) is 0. The molecule has 0 N–H and O–H groups in total. The number of ketones is 2. The van der Waals surface area contributed by atoms with Gasteiger partial charge in [0.05, 0.1) is 11.0 Å². The van der Waals surface area contributed by atoms with Crippen LogP contribution in [0, 0.1) is 0 Å². The van der Waals surface area contributed by atoms with Crippen LogP contribution in [0.15, 0.2) is 12.1 Å². The van der Waals surface area contributed by atoms with E-state index < -0.39 is 0 Å². The van der Waals surface area contributed by atoms with Gasteiger partial charge in [-0.1, -0.05) is 27.2 Å². The van der Waals surface area contributed by atoms with Crippen molar-refractivity contribution in [2.24, 2.45) is 0 Å². The number of rotatable bonds is 9. The van der Waals surface area contributed by atoms with E-state index in [0.29, 0.717) is 18.4 Å². The lowest BCUT2D eigenvalue weighted by Crippen LogP contribution is -2.28. The summed E-state index contributed by atoms with van der Waals surface area (Å²) in [5.41, 5.74) is 4.71. The molecule has 0 saturated heterocycles. The van der Waals surface area contributed by atoms with Crippen LogP contribution in [0.5, 0.6) is 0 Å². The molecule has 0 atom stereocenters. The third-order valence-electron chi connectivity index (χ3n) is 5.65. The molecule has 0 aliphatic carbocycles. The molecule has 0 unspecified atom stereocenters. The number of carbonyl (C=O) groups excluding carboxylic acids is 2. The quantitative estimate of drug-likeness (QED) is 0.411. The van der Waals surface area contributed by atoms with Gasteiger partial charge in [0.2, 0.25) is 5.69 Å². The standard InChI is InChI=1S/C23H34NO2/c1-7-10-13-24-16(4)23(5,6)22-18(21(26)12-9-3)14-17(15-19(22)24)20(25)11-8-2/h14-15H,7-13H2,1-6H3/q+1. The molecule has 0 saturated carbocycles. The number of Topliss-reactive ketones (excluding diaryl/α,β-unsaturated/α-hetero) is 2. The van der Waals surface area contributed by atoms with Crippen molar-refractivity contribution in [1.29, 1.82) is 0 Å². The van der Waals surface area contributed by atoms with Crippen LogP contribution in [0.2, 0.25) is 0 Å². The first-order valence-electron chi connectivity index (χ1n) is 10.2. The highest BCUT2D eigenvalue weighted by Gasteiger charge is 2.45. The van der Waals surface area contributed by atoms with Gasteiger partial charge in [0.25, 0.3) is 0 Å². The minimum absolute atomic E-state index is 0.138. The largest absolute Gasteiger partial charge is 0.294 e. The van der Waals surface area contributed by atoms with Crippen molar-refractivity contribution in [3.8, 4) is 0 Å². The van der Waals surface area contributed by atoms with Gasteiger partial charge < -0.3 is 0 Å². The van der Waals surface area contributed by atoms with E-state index in [-0.39, 0.29) is 17.0 Å². The molecule has 0 aromatic heterocycles. The molecule has 0 spiro atoms. The lowest BCUT2D eigenvalue weighted by molar-refractivity contribution is -0.439. The molecule has 0 radical (unpaired) electrons. The maximum atomic E-state index is 12.9. The fourth-order valence-electron chi connectivity index (χ4n) is 3.91. The van der Waals surface area contributed by atoms with Crippen molar-refractivity contribution in [2.75, 3.05) is 6.54 Å². The van der Waals surface area contributed by atoms with Crippen molar-refractivity contribution < 1.29 is 14.2 Å². The predicted octanol–water partition coefficient (Wildman–Crippen LogP) is 5.85. The first-order chi connectivity index (χ1) is 12.3. The van der Waals surface area contributed by atoms with E-state index >= 15 is 0 Å². The fraction of sp³-hybridized carbons (Fsp3) is 0.609. The minimum atomic E-state index is -0.186. The number of fused-ring (bicyclic) bond motifs is 1. The number of hydrogen-bond acceptors (Lipinski definition) is 2. The van der Waals surface area contributed by atoms with Gasteiger partial charge in [0, 0.05) is 43.4 Å². The van der Waals surface area contributed by atoms with Crippen LogP contribution in [-0.4, -0.2) is 28.4 Å². The maximum Gasteiger partial charge on any atom is 0.210 e. The third-order valence-corrected chi connectivity index (χ3v) is 5.65. The van der Waals surface area contributed by atoms with Crippen LogP contribution in [0.3, 0.4) is 0 Å². The van der Waals surface area contributed by atoms with Gasteiger partial charge in [-0.15, -0.1) is 0 Å². The van der Waals surface area contributed by atoms with Crippen molar-refractivity contribution in [2.45, 2.75) is 85.5 Å². The first-order valence-corrected chi connectivity index (χ1v) is 10.2. The topological polar surface area (TPSA) is 37.1 Å². The summed E-state index contributed by atoms with van der Waals surface area (Å²) in [6.07, 6.45) is 4.92. The molecule has 2 rings (SSSR count). The monoisotopic (exact) mass is 356 g/mol. The van der Waals surface area contributed by atoms with Crippen LogP contribution >= 0.6 is 0 Å². The zero-order valence-corrected chi connectivity index (χ0v) is 17.4. The SMILES string of the molecule is CCCC[N+]1=C(C)C(C)(C)c2c(C(=O)CCC)cc(C(=O)CCC)cc21. The summed E-state index contributed by atoms with van der Waals surface area (Å²) in [4.78, 5) is 25.5. The Morgan fingerprint density at radius 1 is 0.962 bits per heavy atom. The van der Waals surface area contributed by atoms with Crippen LogP contribution in [-0.2, 0) is 5.41 Å². The molecule has 1 aromatic carbocycles. The van der Waals surface area contributed by atoms with E-state index in [2.05, 4.69) is 32.3 Å². The maximum absolute atomic E-state index is 12.9. The molecular weight excluding hydrogens is 322 g/mol. The highest BCUT2D eigenvalue weighted by Crippen LogP contribution is 2.43. The van der Waals surface area contributed by atoms with E-state index in [1.807, 2.05) is 26.0 Å². The van der Waals surface area contributed by atoms with Crippen LogP contribution < -0.4 is 0 Å². The van der Waals surface area contributed by atoms with Crippen molar-refractivity contribution in [3.63, 3.8) is 0 Å². The lowest BCUT2D eigenvalue weighted by Gasteiger charge is -2.19. The molecule has 142 valence electrons. The second kappa shape index (κ2) is 8.28. The van der Waals surface area contributed by atoms with Gasteiger partial charge in [-0.05, 0) is 32.8 Å². The summed E-state index contributed by atoms with van der Waals surface area (Å²) >= 11 is 0. The Kier molecular flexibility index (Phi) is 6.54. The summed E-state index contributed by atoms with van der Waals surface area (Å²) in [5.74, 6) is 0.298. The van der Waals surface area contributed by atoms with Crippen molar-refractivity contribution in [1.82, 2.24) is 0 Å². The Hall–Kier alpha value is -1.77. The van der Waals surface area contributed by atoms with Gasteiger partial charge in [0.15, 0.2) is 17.3 Å². The molecule has 26 heavy (non-hydrogen) atoms. The summed E-state index contributed by atoms with van der Waals surface area (Å²) in [6.45, 7) is 13.7. The predicted molar refractivity (Wildman–Crippen MR) is 108 cm³/mol. The van der Waals surface area contributed by atoms with Gasteiger partial charge in [0.1, 0.15) is 6.54 Å². The van der Waals surface area contributed by atoms with Gasteiger partial charge >= 0.3 is 0 Å². The van der Waals surface area contributed by atoms with Crippen molar-refractivity contribution in [3.05, 3.63) is 28.8 Å². The second-order valence-corrected chi connectivity index (χ2v) is 7.98. The summed E-state index contributed by atoms with van der Waals surface area (Å²) in [7, 11) is 0. The van der Waals surface area contributed by atoms with Crippen LogP contribution in [0.1, 0.15) is 106 Å². The van der Waals surface area contributed by atoms with E-state index in [9.17, 15) is 9.59 Å². The number of carbonyl (C=O) groups is 2. The third kappa shape index (κ3) is 3.67. The average Bonchev–Trinajstić information content (AvgIpc) is 2.79. The molecule has 1 aliphatic heterocycles. The number of benzene rings is 1. The number of nitrogens with zero attached hydrogens (tertiary/aromatic N) is 1. The van der Waals surface area contributed by atoms with E-state index in [0.717, 1.165) is 49.0 Å². The van der Waals surface area contributed by atoms with Crippen LogP contribution in [0.25, 0.3) is 0 Å². The molecule has 1 aromatic rings. The number of unbranched alkanes of at least 4 members (excludes halogenated alkanes) is 1. The average molecular weight is 357 g/mol. The Morgan fingerprint density at radius 2 is 1.58 bits per heavy atom. The molecule has 0 fully saturated rings. The molecule has 1 heterocycles. The molecule has 3 nitrogen and oxygen atoms in total. The fourth-order valence-corrected chi connectivity index (χ4v) is 3.91. The molecule has 1 aliphatic rings.